The molecule has 0 bridgehead atoms. The zero-order valence-corrected chi connectivity index (χ0v) is 11.9. The number of amides is 1. The van der Waals surface area contributed by atoms with Crippen LogP contribution in [-0.2, 0) is 0 Å². The van der Waals surface area contributed by atoms with E-state index in [2.05, 4.69) is 11.9 Å². The first-order chi connectivity index (χ1) is 9.49. The van der Waals surface area contributed by atoms with Crippen molar-refractivity contribution >= 4 is 11.9 Å². The monoisotopic (exact) mass is 276 g/mol. The number of nitrogens with zero attached hydrogens (tertiary/aromatic N) is 2. The third-order valence-corrected chi connectivity index (χ3v) is 3.85. The molecule has 1 aromatic heterocycles. The van der Waals surface area contributed by atoms with Gasteiger partial charge in [-0.05, 0) is 37.8 Å². The fraction of sp³-hybridized carbons (Fsp3) is 0.533. The third-order valence-electron chi connectivity index (χ3n) is 3.85. The predicted octanol–water partition coefficient (Wildman–Crippen LogP) is 2.43. The summed E-state index contributed by atoms with van der Waals surface area (Å²) in [5.74, 6) is -0.750. The molecule has 2 heterocycles. The molecule has 0 saturated carbocycles. The average molecular weight is 276 g/mol. The highest BCUT2D eigenvalue weighted by molar-refractivity contribution is 5.96. The lowest BCUT2D eigenvalue weighted by molar-refractivity contribution is 0.0671. The molecule has 2 atom stereocenters. The minimum absolute atomic E-state index is 0.0962. The first-order valence-corrected chi connectivity index (χ1v) is 6.99. The second-order valence-corrected chi connectivity index (χ2v) is 5.58. The Bertz CT molecular complexity index is 516. The van der Waals surface area contributed by atoms with Crippen molar-refractivity contribution in [3.63, 3.8) is 0 Å². The molecule has 1 N–H and O–H groups in total. The summed E-state index contributed by atoms with van der Waals surface area (Å²) in [5, 5.41) is 8.99. The van der Waals surface area contributed by atoms with Crippen molar-refractivity contribution in [1.82, 2.24) is 9.88 Å². The van der Waals surface area contributed by atoms with Crippen molar-refractivity contribution in [2.45, 2.75) is 39.2 Å². The van der Waals surface area contributed by atoms with Crippen molar-refractivity contribution in [2.75, 3.05) is 6.54 Å². The lowest BCUT2D eigenvalue weighted by Crippen LogP contribution is -2.40. The Morgan fingerprint density at radius 3 is 2.80 bits per heavy atom. The van der Waals surface area contributed by atoms with Crippen LogP contribution in [0, 0.1) is 5.92 Å². The molecule has 1 amide bonds. The average Bonchev–Trinajstić information content (AvgIpc) is 2.59. The van der Waals surface area contributed by atoms with E-state index in [1.807, 2.05) is 11.8 Å². The van der Waals surface area contributed by atoms with Crippen LogP contribution < -0.4 is 0 Å². The number of hydrogen-bond donors (Lipinski definition) is 1. The SMILES string of the molecule is CC1CCCC(C)N(C(=O)c2cc(C(=O)O)ccn2)C1. The number of likely N-dealkylation sites (tertiary alicyclic amines) is 1. The first-order valence-electron chi connectivity index (χ1n) is 6.99. The smallest absolute Gasteiger partial charge is 0.335 e. The van der Waals surface area contributed by atoms with E-state index in [0.717, 1.165) is 19.3 Å². The lowest BCUT2D eigenvalue weighted by atomic mass is 10.1. The first kappa shape index (κ1) is 14.5. The summed E-state index contributed by atoms with van der Waals surface area (Å²) >= 11 is 0. The van der Waals surface area contributed by atoms with Crippen LogP contribution in [0.4, 0.5) is 0 Å². The molecular formula is C15H20N2O3. The molecule has 1 aliphatic heterocycles. The molecule has 0 spiro atoms. The second-order valence-electron chi connectivity index (χ2n) is 5.58. The second kappa shape index (κ2) is 6.03. The van der Waals surface area contributed by atoms with E-state index in [1.54, 1.807) is 0 Å². The number of carboxylic acid groups (broad SMARTS) is 1. The van der Waals surface area contributed by atoms with Gasteiger partial charge in [-0.1, -0.05) is 13.3 Å². The number of aromatic nitrogens is 1. The maximum absolute atomic E-state index is 12.6. The lowest BCUT2D eigenvalue weighted by Gasteiger charge is -2.28. The fourth-order valence-corrected chi connectivity index (χ4v) is 2.64. The van der Waals surface area contributed by atoms with Crippen LogP contribution >= 0.6 is 0 Å². The fourth-order valence-electron chi connectivity index (χ4n) is 2.64. The minimum Gasteiger partial charge on any atom is -0.478 e. The summed E-state index contributed by atoms with van der Waals surface area (Å²) in [7, 11) is 0. The highest BCUT2D eigenvalue weighted by atomic mass is 16.4. The normalized spacial score (nSPS) is 23.2. The van der Waals surface area contributed by atoms with Crippen LogP contribution in [0.2, 0.25) is 0 Å². The van der Waals surface area contributed by atoms with Crippen LogP contribution in [0.25, 0.3) is 0 Å². The molecule has 2 unspecified atom stereocenters. The number of aromatic carboxylic acids is 1. The molecule has 0 aromatic carbocycles. The van der Waals surface area contributed by atoms with Crippen LogP contribution in [-0.4, -0.2) is 39.5 Å². The van der Waals surface area contributed by atoms with Gasteiger partial charge < -0.3 is 10.0 Å². The molecular weight excluding hydrogens is 256 g/mol. The van der Waals surface area contributed by atoms with Gasteiger partial charge in [0.25, 0.3) is 5.91 Å². The van der Waals surface area contributed by atoms with E-state index in [4.69, 9.17) is 5.11 Å². The van der Waals surface area contributed by atoms with Crippen LogP contribution in [0.1, 0.15) is 54.0 Å². The van der Waals surface area contributed by atoms with Gasteiger partial charge in [-0.15, -0.1) is 0 Å². The molecule has 1 aliphatic rings. The van der Waals surface area contributed by atoms with Gasteiger partial charge in [0.2, 0.25) is 0 Å². The van der Waals surface area contributed by atoms with E-state index in [-0.39, 0.29) is 23.2 Å². The van der Waals surface area contributed by atoms with E-state index in [1.165, 1.54) is 18.3 Å². The van der Waals surface area contributed by atoms with Gasteiger partial charge in [0.1, 0.15) is 5.69 Å². The van der Waals surface area contributed by atoms with Crippen LogP contribution in [0.5, 0.6) is 0 Å². The van der Waals surface area contributed by atoms with Crippen LogP contribution in [0.3, 0.4) is 0 Å². The maximum atomic E-state index is 12.6. The molecule has 2 rings (SSSR count). The zero-order chi connectivity index (χ0) is 14.7. The number of pyridine rings is 1. The molecule has 1 fully saturated rings. The summed E-state index contributed by atoms with van der Waals surface area (Å²) in [6, 6.07) is 2.92. The largest absolute Gasteiger partial charge is 0.478 e. The molecule has 5 nitrogen and oxygen atoms in total. The predicted molar refractivity (Wildman–Crippen MR) is 74.7 cm³/mol. The van der Waals surface area contributed by atoms with Crippen molar-refractivity contribution in [3.8, 4) is 0 Å². The quantitative estimate of drug-likeness (QED) is 0.900. The number of carboxylic acids is 1. The van der Waals surface area contributed by atoms with Gasteiger partial charge in [0, 0.05) is 18.8 Å². The molecule has 5 heteroatoms. The standard InChI is InChI=1S/C15H20N2O3/c1-10-4-3-5-11(2)17(9-10)14(18)13-8-12(15(19)20)6-7-16-13/h6-8,10-11H,3-5,9H2,1-2H3,(H,19,20). The molecule has 20 heavy (non-hydrogen) atoms. The van der Waals surface area contributed by atoms with Crippen LogP contribution in [0.15, 0.2) is 18.3 Å². The summed E-state index contributed by atoms with van der Waals surface area (Å²) in [6.45, 7) is 4.88. The summed E-state index contributed by atoms with van der Waals surface area (Å²) in [4.78, 5) is 29.4. The Morgan fingerprint density at radius 1 is 1.35 bits per heavy atom. The van der Waals surface area contributed by atoms with Gasteiger partial charge in [-0.25, -0.2) is 4.79 Å². The Kier molecular flexibility index (Phi) is 4.37. The van der Waals surface area contributed by atoms with Gasteiger partial charge in [-0.2, -0.15) is 0 Å². The Labute approximate surface area is 118 Å². The maximum Gasteiger partial charge on any atom is 0.335 e. The van der Waals surface area contributed by atoms with Gasteiger partial charge in [0.15, 0.2) is 0 Å². The third kappa shape index (κ3) is 3.15. The summed E-state index contributed by atoms with van der Waals surface area (Å²) < 4.78 is 0. The van der Waals surface area contributed by atoms with Crippen molar-refractivity contribution in [3.05, 3.63) is 29.6 Å². The molecule has 1 saturated heterocycles. The van der Waals surface area contributed by atoms with Gasteiger partial charge in [-0.3, -0.25) is 9.78 Å². The minimum atomic E-state index is -1.04. The topological polar surface area (TPSA) is 70.5 Å². The zero-order valence-electron chi connectivity index (χ0n) is 11.9. The summed E-state index contributed by atoms with van der Waals surface area (Å²) in [5.41, 5.74) is 0.310. The number of rotatable bonds is 2. The van der Waals surface area contributed by atoms with E-state index >= 15 is 0 Å². The Balaban J connectivity index is 2.24. The molecule has 0 aliphatic carbocycles. The Hall–Kier alpha value is -1.91. The van der Waals surface area contributed by atoms with E-state index in [0.29, 0.717) is 12.5 Å². The van der Waals surface area contributed by atoms with E-state index < -0.39 is 5.97 Å². The van der Waals surface area contributed by atoms with Crippen molar-refractivity contribution < 1.29 is 14.7 Å². The number of hydrogen-bond acceptors (Lipinski definition) is 3. The number of carbonyl (C=O) groups is 2. The molecule has 1 aromatic rings. The molecule has 0 radical (unpaired) electrons. The van der Waals surface area contributed by atoms with E-state index in [9.17, 15) is 9.59 Å². The van der Waals surface area contributed by atoms with Gasteiger partial charge >= 0.3 is 5.97 Å². The highest BCUT2D eigenvalue weighted by Gasteiger charge is 2.27. The van der Waals surface area contributed by atoms with Gasteiger partial charge in [0.05, 0.1) is 5.56 Å². The number of carbonyl (C=O) groups excluding carboxylic acids is 1. The molecule has 108 valence electrons. The van der Waals surface area contributed by atoms with Crippen molar-refractivity contribution in [1.29, 1.82) is 0 Å². The Morgan fingerprint density at radius 2 is 2.10 bits per heavy atom. The highest BCUT2D eigenvalue weighted by Crippen LogP contribution is 2.22. The summed E-state index contributed by atoms with van der Waals surface area (Å²) in [6.07, 6.45) is 4.60. The van der Waals surface area contributed by atoms with Crippen molar-refractivity contribution in [2.24, 2.45) is 5.92 Å².